The molecule has 7 nitrogen and oxygen atoms in total. The largest absolute Gasteiger partial charge is 0.480 e. The Balaban J connectivity index is 2.89. The maximum Gasteiger partial charge on any atom is 0.323 e. The van der Waals surface area contributed by atoms with Crippen LogP contribution in [0.25, 0.3) is 0 Å². The Morgan fingerprint density at radius 2 is 2.00 bits per heavy atom. The van der Waals surface area contributed by atoms with Gasteiger partial charge in [-0.3, -0.25) is 9.59 Å². The number of carboxylic acids is 1. The van der Waals surface area contributed by atoms with E-state index in [9.17, 15) is 18.0 Å². The fourth-order valence-corrected chi connectivity index (χ4v) is 3.76. The van der Waals surface area contributed by atoms with Gasteiger partial charge in [0.25, 0.3) is 0 Å². The first-order chi connectivity index (χ1) is 8.64. The second-order valence-corrected chi connectivity index (χ2v) is 7.42. The monoisotopic (exact) mass is 292 g/mol. The molecule has 2 atom stereocenters. The zero-order valence-corrected chi connectivity index (χ0v) is 11.9. The van der Waals surface area contributed by atoms with Crippen LogP contribution in [0.2, 0.25) is 0 Å². The van der Waals surface area contributed by atoms with Crippen molar-refractivity contribution in [3.05, 3.63) is 0 Å². The standard InChI is InChI=1S/C11H20N2O5S/c1-7(2)10(12)11(16)13(5-9(14)15)8-3-4-19(17,18)6-8/h7-8,10H,3-6,12H2,1-2H3,(H,14,15)/t8?,10-/m1/s1. The first kappa shape index (κ1) is 15.9. The summed E-state index contributed by atoms with van der Waals surface area (Å²) in [4.78, 5) is 24.1. The Morgan fingerprint density at radius 1 is 1.42 bits per heavy atom. The van der Waals surface area contributed by atoms with Gasteiger partial charge in [0.1, 0.15) is 6.54 Å². The van der Waals surface area contributed by atoms with Gasteiger partial charge in [-0.15, -0.1) is 0 Å². The Bertz CT molecular complexity index is 460. The predicted octanol–water partition coefficient (Wildman–Crippen LogP) is -0.930. The molecule has 1 unspecified atom stereocenters. The van der Waals surface area contributed by atoms with Crippen molar-refractivity contribution < 1.29 is 23.1 Å². The molecule has 0 aromatic heterocycles. The van der Waals surface area contributed by atoms with Crippen LogP contribution < -0.4 is 5.73 Å². The van der Waals surface area contributed by atoms with Crippen molar-refractivity contribution in [3.63, 3.8) is 0 Å². The second-order valence-electron chi connectivity index (χ2n) is 5.19. The van der Waals surface area contributed by atoms with Crippen molar-refractivity contribution in [1.29, 1.82) is 0 Å². The molecule has 0 bridgehead atoms. The molecular weight excluding hydrogens is 272 g/mol. The molecule has 1 heterocycles. The van der Waals surface area contributed by atoms with Crippen LogP contribution in [-0.4, -0.2) is 60.4 Å². The quantitative estimate of drug-likeness (QED) is 0.676. The van der Waals surface area contributed by atoms with Crippen LogP contribution in [0.1, 0.15) is 20.3 Å². The van der Waals surface area contributed by atoms with Gasteiger partial charge in [-0.05, 0) is 12.3 Å². The first-order valence-electron chi connectivity index (χ1n) is 6.12. The minimum Gasteiger partial charge on any atom is -0.480 e. The lowest BCUT2D eigenvalue weighted by atomic mass is 10.0. The minimum atomic E-state index is -3.18. The molecule has 8 heteroatoms. The molecule has 1 saturated heterocycles. The number of rotatable bonds is 5. The number of carbonyl (C=O) groups excluding carboxylic acids is 1. The molecule has 0 aromatic rings. The molecule has 1 rings (SSSR count). The molecule has 0 aliphatic carbocycles. The number of aliphatic carboxylic acids is 1. The van der Waals surface area contributed by atoms with Crippen LogP contribution in [0.15, 0.2) is 0 Å². The zero-order valence-electron chi connectivity index (χ0n) is 11.1. The number of nitrogens with zero attached hydrogens (tertiary/aromatic N) is 1. The summed E-state index contributed by atoms with van der Waals surface area (Å²) in [5.74, 6) is -2.01. The lowest BCUT2D eigenvalue weighted by Crippen LogP contribution is -2.52. The molecular formula is C11H20N2O5S. The topological polar surface area (TPSA) is 118 Å². The molecule has 0 spiro atoms. The van der Waals surface area contributed by atoms with Crippen LogP contribution in [0.3, 0.4) is 0 Å². The number of hydrogen-bond acceptors (Lipinski definition) is 5. The summed E-state index contributed by atoms with van der Waals surface area (Å²) in [5.41, 5.74) is 5.74. The predicted molar refractivity (Wildman–Crippen MR) is 69.2 cm³/mol. The number of hydrogen-bond donors (Lipinski definition) is 2. The maximum absolute atomic E-state index is 12.2. The summed E-state index contributed by atoms with van der Waals surface area (Å²) in [7, 11) is -3.18. The van der Waals surface area contributed by atoms with Gasteiger partial charge >= 0.3 is 5.97 Å². The van der Waals surface area contributed by atoms with E-state index in [1.54, 1.807) is 13.8 Å². The normalized spacial score (nSPS) is 23.3. The molecule has 3 N–H and O–H groups in total. The first-order valence-corrected chi connectivity index (χ1v) is 7.94. The smallest absolute Gasteiger partial charge is 0.323 e. The van der Waals surface area contributed by atoms with Crippen molar-refractivity contribution in [1.82, 2.24) is 4.90 Å². The van der Waals surface area contributed by atoms with E-state index in [-0.39, 0.29) is 23.8 Å². The van der Waals surface area contributed by atoms with Crippen molar-refractivity contribution in [2.24, 2.45) is 11.7 Å². The number of carbonyl (C=O) groups is 2. The van der Waals surface area contributed by atoms with Gasteiger partial charge in [-0.2, -0.15) is 0 Å². The average Bonchev–Trinajstić information content (AvgIpc) is 2.64. The third kappa shape index (κ3) is 4.17. The lowest BCUT2D eigenvalue weighted by Gasteiger charge is -2.30. The summed E-state index contributed by atoms with van der Waals surface area (Å²) in [6.07, 6.45) is 0.270. The van der Waals surface area contributed by atoms with Crippen LogP contribution in [0, 0.1) is 5.92 Å². The zero-order chi connectivity index (χ0) is 14.8. The molecule has 1 fully saturated rings. The SMILES string of the molecule is CC(C)[C@@H](N)C(=O)N(CC(=O)O)C1CCS(=O)(=O)C1. The van der Waals surface area contributed by atoms with Gasteiger partial charge in [0.2, 0.25) is 5.91 Å². The number of carboxylic acid groups (broad SMARTS) is 1. The van der Waals surface area contributed by atoms with Gasteiger partial charge < -0.3 is 15.7 Å². The van der Waals surface area contributed by atoms with Crippen molar-refractivity contribution in [3.8, 4) is 0 Å². The molecule has 110 valence electrons. The van der Waals surface area contributed by atoms with E-state index in [0.29, 0.717) is 0 Å². The highest BCUT2D eigenvalue weighted by atomic mass is 32.2. The summed E-state index contributed by atoms with van der Waals surface area (Å²) >= 11 is 0. The van der Waals surface area contributed by atoms with E-state index in [2.05, 4.69) is 0 Å². The number of sulfone groups is 1. The Hall–Kier alpha value is -1.15. The van der Waals surface area contributed by atoms with E-state index >= 15 is 0 Å². The molecule has 0 aromatic carbocycles. The minimum absolute atomic E-state index is 0.0159. The van der Waals surface area contributed by atoms with Crippen molar-refractivity contribution in [2.45, 2.75) is 32.4 Å². The highest BCUT2D eigenvalue weighted by molar-refractivity contribution is 7.91. The molecule has 0 saturated carbocycles. The highest BCUT2D eigenvalue weighted by Gasteiger charge is 2.37. The van der Waals surface area contributed by atoms with E-state index in [4.69, 9.17) is 10.8 Å². The van der Waals surface area contributed by atoms with E-state index < -0.39 is 40.3 Å². The molecule has 1 aliphatic rings. The molecule has 0 radical (unpaired) electrons. The third-order valence-corrected chi connectivity index (χ3v) is 4.99. The van der Waals surface area contributed by atoms with Gasteiger partial charge in [-0.25, -0.2) is 8.42 Å². The lowest BCUT2D eigenvalue weighted by molar-refractivity contribution is -0.147. The average molecular weight is 292 g/mol. The van der Waals surface area contributed by atoms with Crippen molar-refractivity contribution >= 4 is 21.7 Å². The van der Waals surface area contributed by atoms with Gasteiger partial charge in [-0.1, -0.05) is 13.8 Å². The van der Waals surface area contributed by atoms with E-state index in [1.165, 1.54) is 0 Å². The fraction of sp³-hybridized carbons (Fsp3) is 0.818. The van der Waals surface area contributed by atoms with Crippen LogP contribution >= 0.6 is 0 Å². The summed E-state index contributed by atoms with van der Waals surface area (Å²) < 4.78 is 22.9. The summed E-state index contributed by atoms with van der Waals surface area (Å²) in [6.45, 7) is 3.00. The molecule has 19 heavy (non-hydrogen) atoms. The number of nitrogens with two attached hydrogens (primary N) is 1. The maximum atomic E-state index is 12.2. The number of amides is 1. The van der Waals surface area contributed by atoms with Gasteiger partial charge in [0.15, 0.2) is 9.84 Å². The van der Waals surface area contributed by atoms with E-state index in [0.717, 1.165) is 4.90 Å². The van der Waals surface area contributed by atoms with Crippen LogP contribution in [-0.2, 0) is 19.4 Å². The van der Waals surface area contributed by atoms with Crippen molar-refractivity contribution in [2.75, 3.05) is 18.1 Å². The third-order valence-electron chi connectivity index (χ3n) is 3.24. The Morgan fingerprint density at radius 3 is 2.37 bits per heavy atom. The van der Waals surface area contributed by atoms with E-state index in [1.807, 2.05) is 0 Å². The summed E-state index contributed by atoms with van der Waals surface area (Å²) in [6, 6.07) is -1.40. The van der Waals surface area contributed by atoms with Crippen LogP contribution in [0.5, 0.6) is 0 Å². The van der Waals surface area contributed by atoms with Gasteiger partial charge in [0, 0.05) is 6.04 Å². The molecule has 1 amide bonds. The van der Waals surface area contributed by atoms with Gasteiger partial charge in [0.05, 0.1) is 17.5 Å². The Labute approximate surface area is 112 Å². The second kappa shape index (κ2) is 5.87. The van der Waals surface area contributed by atoms with Crippen LogP contribution in [0.4, 0.5) is 0 Å². The summed E-state index contributed by atoms with van der Waals surface area (Å²) in [5, 5.41) is 8.86. The fourth-order valence-electron chi connectivity index (χ4n) is 2.03. The Kier molecular flexibility index (Phi) is 4.92. The highest BCUT2D eigenvalue weighted by Crippen LogP contribution is 2.19. The molecule has 1 aliphatic heterocycles.